The fourth-order valence-corrected chi connectivity index (χ4v) is 4.56. The minimum Gasteiger partial charge on any atom is -0.277 e. The number of benzene rings is 1. The van der Waals surface area contributed by atoms with Crippen molar-refractivity contribution >= 4 is 23.6 Å². The zero-order valence-corrected chi connectivity index (χ0v) is 15.4. The molecule has 2 aromatic heterocycles. The number of rotatable bonds is 4. The van der Waals surface area contributed by atoms with Gasteiger partial charge in [0.1, 0.15) is 5.82 Å². The van der Waals surface area contributed by atoms with Gasteiger partial charge in [0, 0.05) is 17.5 Å². The van der Waals surface area contributed by atoms with Gasteiger partial charge in [0.05, 0.1) is 12.4 Å². The van der Waals surface area contributed by atoms with Crippen LogP contribution in [-0.2, 0) is 13.1 Å². The maximum absolute atomic E-state index is 13.5. The average molecular weight is 375 g/mol. The first kappa shape index (κ1) is 16.6. The number of hydrogen-bond donors (Lipinski definition) is 0. The van der Waals surface area contributed by atoms with Crippen LogP contribution in [-0.4, -0.2) is 31.2 Å². The van der Waals surface area contributed by atoms with E-state index in [-0.39, 0.29) is 5.82 Å². The smallest absolute Gasteiger partial charge is 0.221 e. The van der Waals surface area contributed by atoms with E-state index in [1.54, 1.807) is 16.8 Å². The third-order valence-electron chi connectivity index (χ3n) is 4.60. The first-order valence-electron chi connectivity index (χ1n) is 8.26. The van der Waals surface area contributed by atoms with Gasteiger partial charge in [-0.2, -0.15) is 4.68 Å². The second-order valence-electron chi connectivity index (χ2n) is 6.08. The molecule has 0 radical (unpaired) electrons. The van der Waals surface area contributed by atoms with Gasteiger partial charge in [0.25, 0.3) is 0 Å². The molecular formula is C17H18FN5S2. The molecule has 0 spiro atoms. The fourth-order valence-electron chi connectivity index (χ4n) is 3.40. The third kappa shape index (κ3) is 3.05. The van der Waals surface area contributed by atoms with Crippen LogP contribution in [0.5, 0.6) is 0 Å². The van der Waals surface area contributed by atoms with Crippen molar-refractivity contribution in [1.82, 2.24) is 24.7 Å². The SMILES string of the molecule is CC[C@H]1c2ccsc2CCN1Cn1nnn(-c2cccc(F)c2)c1=S. The van der Waals surface area contributed by atoms with Crippen LogP contribution >= 0.6 is 23.6 Å². The Labute approximate surface area is 154 Å². The van der Waals surface area contributed by atoms with Crippen molar-refractivity contribution in [3.8, 4) is 5.69 Å². The Morgan fingerprint density at radius 2 is 2.20 bits per heavy atom. The number of nitrogens with zero attached hydrogens (tertiary/aromatic N) is 5. The van der Waals surface area contributed by atoms with Gasteiger partial charge in [0.2, 0.25) is 4.77 Å². The van der Waals surface area contributed by atoms with Crippen LogP contribution in [0.4, 0.5) is 4.39 Å². The van der Waals surface area contributed by atoms with Gasteiger partial charge in [-0.25, -0.2) is 9.07 Å². The van der Waals surface area contributed by atoms with Crippen molar-refractivity contribution in [2.75, 3.05) is 6.54 Å². The molecule has 0 bridgehead atoms. The highest BCUT2D eigenvalue weighted by atomic mass is 32.1. The topological polar surface area (TPSA) is 38.9 Å². The van der Waals surface area contributed by atoms with Gasteiger partial charge in [-0.3, -0.25) is 4.90 Å². The summed E-state index contributed by atoms with van der Waals surface area (Å²) in [6, 6.07) is 8.81. The highest BCUT2D eigenvalue weighted by molar-refractivity contribution is 7.71. The Balaban J connectivity index is 1.61. The average Bonchev–Trinajstić information content (AvgIpc) is 3.22. The van der Waals surface area contributed by atoms with E-state index < -0.39 is 0 Å². The second-order valence-corrected chi connectivity index (χ2v) is 7.45. The van der Waals surface area contributed by atoms with E-state index in [1.165, 1.54) is 27.3 Å². The lowest BCUT2D eigenvalue weighted by Crippen LogP contribution is -2.36. The third-order valence-corrected chi connectivity index (χ3v) is 5.98. The zero-order valence-electron chi connectivity index (χ0n) is 13.8. The van der Waals surface area contributed by atoms with E-state index >= 15 is 0 Å². The number of aromatic nitrogens is 4. The Bertz CT molecular complexity index is 944. The first-order chi connectivity index (χ1) is 12.2. The van der Waals surface area contributed by atoms with Crippen LogP contribution in [0.1, 0.15) is 29.8 Å². The molecule has 1 aliphatic rings. The van der Waals surface area contributed by atoms with Crippen molar-refractivity contribution in [3.05, 3.63) is 56.7 Å². The van der Waals surface area contributed by atoms with Crippen molar-refractivity contribution in [2.45, 2.75) is 32.5 Å². The van der Waals surface area contributed by atoms with E-state index in [9.17, 15) is 4.39 Å². The maximum atomic E-state index is 13.5. The zero-order chi connectivity index (χ0) is 17.4. The van der Waals surface area contributed by atoms with Gasteiger partial charge in [-0.05, 0) is 70.7 Å². The summed E-state index contributed by atoms with van der Waals surface area (Å²) >= 11 is 7.35. The summed E-state index contributed by atoms with van der Waals surface area (Å²) < 4.78 is 17.1. The highest BCUT2D eigenvalue weighted by Crippen LogP contribution is 2.35. The molecule has 1 atom stereocenters. The summed E-state index contributed by atoms with van der Waals surface area (Å²) in [4.78, 5) is 3.87. The lowest BCUT2D eigenvalue weighted by molar-refractivity contribution is 0.128. The summed E-state index contributed by atoms with van der Waals surface area (Å²) in [6.45, 7) is 3.76. The molecule has 0 saturated heterocycles. The molecule has 4 rings (SSSR count). The van der Waals surface area contributed by atoms with Crippen molar-refractivity contribution in [2.24, 2.45) is 0 Å². The summed E-state index contributed by atoms with van der Waals surface area (Å²) in [5.74, 6) is -0.319. The van der Waals surface area contributed by atoms with Crippen LogP contribution in [0.2, 0.25) is 0 Å². The molecule has 0 saturated carbocycles. The quantitative estimate of drug-likeness (QED) is 0.647. The number of hydrogen-bond acceptors (Lipinski definition) is 5. The van der Waals surface area contributed by atoms with Gasteiger partial charge in [-0.1, -0.05) is 13.0 Å². The summed E-state index contributed by atoms with van der Waals surface area (Å²) in [7, 11) is 0. The molecule has 3 heterocycles. The summed E-state index contributed by atoms with van der Waals surface area (Å²) in [5.41, 5.74) is 2.00. The predicted molar refractivity (Wildman–Crippen MR) is 97.9 cm³/mol. The molecule has 1 aromatic carbocycles. The Morgan fingerprint density at radius 3 is 3.00 bits per heavy atom. The van der Waals surface area contributed by atoms with Gasteiger partial charge < -0.3 is 0 Å². The van der Waals surface area contributed by atoms with Crippen LogP contribution < -0.4 is 0 Å². The molecule has 5 nitrogen and oxygen atoms in total. The van der Waals surface area contributed by atoms with Crippen LogP contribution in [0.25, 0.3) is 5.69 Å². The molecule has 0 fully saturated rings. The molecule has 1 aliphatic heterocycles. The molecular weight excluding hydrogens is 357 g/mol. The molecule has 8 heteroatoms. The fraction of sp³-hybridized carbons (Fsp3) is 0.353. The van der Waals surface area contributed by atoms with Crippen molar-refractivity contribution in [3.63, 3.8) is 0 Å². The normalized spacial score (nSPS) is 17.6. The Morgan fingerprint density at radius 1 is 1.32 bits per heavy atom. The number of halogens is 1. The molecule has 0 N–H and O–H groups in total. The van der Waals surface area contributed by atoms with E-state index in [0.29, 0.717) is 23.2 Å². The van der Waals surface area contributed by atoms with Crippen LogP contribution in [0, 0.1) is 10.6 Å². The van der Waals surface area contributed by atoms with Crippen LogP contribution in [0.3, 0.4) is 0 Å². The monoisotopic (exact) mass is 375 g/mol. The predicted octanol–water partition coefficient (Wildman–Crippen LogP) is 3.97. The minimum absolute atomic E-state index is 0.319. The van der Waals surface area contributed by atoms with Gasteiger partial charge in [0.15, 0.2) is 0 Å². The van der Waals surface area contributed by atoms with Crippen LogP contribution in [0.15, 0.2) is 35.7 Å². The number of thiophene rings is 1. The second kappa shape index (κ2) is 6.78. The molecule has 0 amide bonds. The molecule has 0 aliphatic carbocycles. The van der Waals surface area contributed by atoms with Crippen molar-refractivity contribution < 1.29 is 4.39 Å². The standard InChI is InChI=1S/C17H18FN5S2/c1-2-15-14-7-9-25-16(14)6-8-21(15)11-22-17(24)23(20-19-22)13-5-3-4-12(18)10-13/h3-5,7,9-10,15H,2,6,8,11H2,1H3/t15-/m0/s1. The van der Waals surface area contributed by atoms with E-state index in [2.05, 4.69) is 33.7 Å². The minimum atomic E-state index is -0.319. The lowest BCUT2D eigenvalue weighted by Gasteiger charge is -2.34. The largest absolute Gasteiger partial charge is 0.277 e. The van der Waals surface area contributed by atoms with E-state index in [0.717, 1.165) is 19.4 Å². The maximum Gasteiger partial charge on any atom is 0.221 e. The molecule has 0 unspecified atom stereocenters. The Hall–Kier alpha value is -1.90. The number of tetrazole rings is 1. The summed E-state index contributed by atoms with van der Waals surface area (Å²) in [5, 5.41) is 10.5. The molecule has 130 valence electrons. The molecule has 3 aromatic rings. The molecule has 25 heavy (non-hydrogen) atoms. The number of fused-ring (bicyclic) bond motifs is 1. The first-order valence-corrected chi connectivity index (χ1v) is 9.55. The highest BCUT2D eigenvalue weighted by Gasteiger charge is 2.27. The lowest BCUT2D eigenvalue weighted by atomic mass is 9.98. The Kier molecular flexibility index (Phi) is 4.49. The van der Waals surface area contributed by atoms with E-state index in [1.807, 2.05) is 11.3 Å². The van der Waals surface area contributed by atoms with E-state index in [4.69, 9.17) is 12.2 Å². The van der Waals surface area contributed by atoms with Crippen molar-refractivity contribution in [1.29, 1.82) is 0 Å². The van der Waals surface area contributed by atoms with Gasteiger partial charge in [-0.15, -0.1) is 11.3 Å². The van der Waals surface area contributed by atoms with Gasteiger partial charge >= 0.3 is 0 Å². The summed E-state index contributed by atoms with van der Waals surface area (Å²) in [6.07, 6.45) is 2.09.